The van der Waals surface area contributed by atoms with Gasteiger partial charge in [-0.1, -0.05) is 24.6 Å². The van der Waals surface area contributed by atoms with E-state index in [1.807, 2.05) is 18.2 Å². The third-order valence-corrected chi connectivity index (χ3v) is 5.69. The number of alkyl halides is 1. The van der Waals surface area contributed by atoms with Crippen molar-refractivity contribution in [1.29, 1.82) is 0 Å². The molecule has 0 aliphatic rings. The molecule has 0 saturated heterocycles. The fourth-order valence-electron chi connectivity index (χ4n) is 2.69. The quantitative estimate of drug-likeness (QED) is 0.156. The molecule has 0 bridgehead atoms. The monoisotopic (exact) mass is 473 g/mol. The summed E-state index contributed by atoms with van der Waals surface area (Å²) in [6.07, 6.45) is 2.92. The maximum Gasteiger partial charge on any atom is 0.247 e. The molecule has 2 aromatic rings. The van der Waals surface area contributed by atoms with Crippen LogP contribution in [0.25, 0.3) is 0 Å². The SMILES string of the molecule is CC(C)(CF)C(=O)Nc1cccc(NSc2ccc(C(N)=NC(=O)CCCCCN)cc2)c1. The van der Waals surface area contributed by atoms with E-state index in [0.717, 1.165) is 29.8 Å². The largest absolute Gasteiger partial charge is 0.383 e. The number of rotatable bonds is 12. The number of amidine groups is 1. The van der Waals surface area contributed by atoms with E-state index in [2.05, 4.69) is 15.0 Å². The van der Waals surface area contributed by atoms with Gasteiger partial charge in [0, 0.05) is 28.3 Å². The van der Waals surface area contributed by atoms with Crippen molar-refractivity contribution in [3.05, 3.63) is 54.1 Å². The summed E-state index contributed by atoms with van der Waals surface area (Å²) in [5.41, 5.74) is 12.4. The Hall–Kier alpha value is -2.91. The lowest BCUT2D eigenvalue weighted by atomic mass is 9.94. The minimum Gasteiger partial charge on any atom is -0.383 e. The van der Waals surface area contributed by atoms with Crippen LogP contribution >= 0.6 is 11.9 Å². The van der Waals surface area contributed by atoms with E-state index in [1.165, 1.54) is 11.9 Å². The molecule has 2 rings (SSSR count). The van der Waals surface area contributed by atoms with Gasteiger partial charge in [-0.25, -0.2) is 4.39 Å². The highest BCUT2D eigenvalue weighted by Crippen LogP contribution is 2.25. The Labute approximate surface area is 198 Å². The molecular formula is C24H32FN5O2S. The molecule has 0 aliphatic carbocycles. The third kappa shape index (κ3) is 8.86. The van der Waals surface area contributed by atoms with Crippen molar-refractivity contribution >= 4 is 41.0 Å². The molecule has 6 N–H and O–H groups in total. The first-order chi connectivity index (χ1) is 15.7. The van der Waals surface area contributed by atoms with Gasteiger partial charge >= 0.3 is 0 Å². The van der Waals surface area contributed by atoms with Gasteiger partial charge in [-0.15, -0.1) is 0 Å². The van der Waals surface area contributed by atoms with Crippen molar-refractivity contribution in [2.24, 2.45) is 21.9 Å². The minimum absolute atomic E-state index is 0.197. The predicted molar refractivity (Wildman–Crippen MR) is 134 cm³/mol. The molecule has 0 atom stereocenters. The van der Waals surface area contributed by atoms with Gasteiger partial charge in [0.15, 0.2) is 0 Å². The van der Waals surface area contributed by atoms with Crippen molar-refractivity contribution in [2.45, 2.75) is 44.4 Å². The average Bonchev–Trinajstić information content (AvgIpc) is 2.81. The number of halogens is 1. The second-order valence-corrected chi connectivity index (χ2v) is 9.15. The number of nitrogens with zero attached hydrogens (tertiary/aromatic N) is 1. The highest BCUT2D eigenvalue weighted by Gasteiger charge is 2.27. The number of amides is 2. The maximum absolute atomic E-state index is 13.0. The fraction of sp³-hybridized carbons (Fsp3) is 0.375. The van der Waals surface area contributed by atoms with Crippen LogP contribution in [0.5, 0.6) is 0 Å². The molecule has 2 aromatic carbocycles. The number of anilines is 2. The molecule has 0 aliphatic heterocycles. The molecule has 0 radical (unpaired) electrons. The number of nitrogens with one attached hydrogen (secondary N) is 2. The molecule has 0 saturated carbocycles. The van der Waals surface area contributed by atoms with Gasteiger partial charge in [-0.3, -0.25) is 9.59 Å². The van der Waals surface area contributed by atoms with E-state index in [4.69, 9.17) is 11.5 Å². The highest BCUT2D eigenvalue weighted by molar-refractivity contribution is 8.00. The van der Waals surface area contributed by atoms with Crippen molar-refractivity contribution < 1.29 is 14.0 Å². The van der Waals surface area contributed by atoms with Crippen LogP contribution in [0.15, 0.2) is 58.4 Å². The van der Waals surface area contributed by atoms with Crippen molar-refractivity contribution in [3.8, 4) is 0 Å². The molecule has 2 amide bonds. The number of hydrogen-bond acceptors (Lipinski definition) is 5. The zero-order chi connectivity index (χ0) is 24.3. The molecule has 0 unspecified atom stereocenters. The Morgan fingerprint density at radius 2 is 1.76 bits per heavy atom. The molecule has 0 heterocycles. The van der Waals surface area contributed by atoms with Crippen LogP contribution in [0.1, 0.15) is 45.1 Å². The second kappa shape index (κ2) is 13.0. The van der Waals surface area contributed by atoms with E-state index in [1.54, 1.807) is 44.2 Å². The van der Waals surface area contributed by atoms with Gasteiger partial charge in [-0.05, 0) is 75.5 Å². The number of carbonyl (C=O) groups is 2. The van der Waals surface area contributed by atoms with Crippen molar-refractivity contribution in [2.75, 3.05) is 23.3 Å². The summed E-state index contributed by atoms with van der Waals surface area (Å²) in [5, 5.41) is 2.74. The Bertz CT molecular complexity index is 964. The molecule has 9 heteroatoms. The average molecular weight is 474 g/mol. The van der Waals surface area contributed by atoms with Gasteiger partial charge in [0.2, 0.25) is 11.8 Å². The number of carbonyl (C=O) groups excluding carboxylic acids is 2. The molecule has 0 aromatic heterocycles. The van der Waals surface area contributed by atoms with E-state index >= 15 is 0 Å². The first-order valence-electron chi connectivity index (χ1n) is 10.8. The van der Waals surface area contributed by atoms with Gasteiger partial charge in [0.05, 0.1) is 5.41 Å². The number of nitrogens with two attached hydrogens (primary N) is 2. The van der Waals surface area contributed by atoms with Crippen LogP contribution in [0, 0.1) is 5.41 Å². The number of aliphatic imine (C=N–C) groups is 1. The third-order valence-electron chi connectivity index (χ3n) is 4.85. The molecular weight excluding hydrogens is 441 g/mol. The van der Waals surface area contributed by atoms with Gasteiger partial charge in [-0.2, -0.15) is 4.99 Å². The topological polar surface area (TPSA) is 123 Å². The summed E-state index contributed by atoms with van der Waals surface area (Å²) in [4.78, 5) is 29.0. The first kappa shape index (κ1) is 26.3. The van der Waals surface area contributed by atoms with E-state index in [-0.39, 0.29) is 17.6 Å². The maximum atomic E-state index is 13.0. The summed E-state index contributed by atoms with van der Waals surface area (Å²) in [6, 6.07) is 14.5. The Morgan fingerprint density at radius 1 is 1.06 bits per heavy atom. The summed E-state index contributed by atoms with van der Waals surface area (Å²) >= 11 is 1.38. The molecule has 0 spiro atoms. The normalized spacial score (nSPS) is 11.8. The minimum atomic E-state index is -1.08. The first-order valence-corrected chi connectivity index (χ1v) is 11.6. The van der Waals surface area contributed by atoms with Crippen molar-refractivity contribution in [1.82, 2.24) is 0 Å². The van der Waals surface area contributed by atoms with Crippen LogP contribution in [0.3, 0.4) is 0 Å². The lowest BCUT2D eigenvalue weighted by Crippen LogP contribution is -2.32. The van der Waals surface area contributed by atoms with Gasteiger partial charge in [0.1, 0.15) is 12.5 Å². The zero-order valence-electron chi connectivity index (χ0n) is 19.1. The summed E-state index contributed by atoms with van der Waals surface area (Å²) in [5.74, 6) is -0.409. The number of benzene rings is 2. The molecule has 33 heavy (non-hydrogen) atoms. The Kier molecular flexibility index (Phi) is 10.3. The standard InChI is InChI=1S/C24H32FN5O2S/c1-24(2,16-25)23(32)28-18-7-6-8-19(15-18)30-33-20-12-10-17(11-13-20)22(27)29-21(31)9-4-3-5-14-26/h6-8,10-13,15,30H,3-5,9,14,16,26H2,1-2H3,(H,28,32)(H2,27,29,31). The smallest absolute Gasteiger partial charge is 0.247 e. The zero-order valence-corrected chi connectivity index (χ0v) is 19.9. The van der Waals surface area contributed by atoms with E-state index < -0.39 is 12.1 Å². The number of unbranched alkanes of at least 4 members (excludes halogenated alkanes) is 2. The van der Waals surface area contributed by atoms with Gasteiger partial charge < -0.3 is 21.5 Å². The van der Waals surface area contributed by atoms with Crippen LogP contribution in [0.2, 0.25) is 0 Å². The highest BCUT2D eigenvalue weighted by atomic mass is 32.2. The molecule has 178 valence electrons. The summed E-state index contributed by atoms with van der Waals surface area (Å²) in [7, 11) is 0. The lowest BCUT2D eigenvalue weighted by Gasteiger charge is -2.19. The van der Waals surface area contributed by atoms with Crippen LogP contribution in [-0.2, 0) is 9.59 Å². The fourth-order valence-corrected chi connectivity index (χ4v) is 3.32. The van der Waals surface area contributed by atoms with Crippen LogP contribution in [-0.4, -0.2) is 30.9 Å². The summed E-state index contributed by atoms with van der Waals surface area (Å²) in [6.45, 7) is 3.00. The molecule has 7 nitrogen and oxygen atoms in total. The lowest BCUT2D eigenvalue weighted by molar-refractivity contribution is -0.124. The predicted octanol–water partition coefficient (Wildman–Crippen LogP) is 4.49. The Morgan fingerprint density at radius 3 is 2.42 bits per heavy atom. The number of hydrogen-bond donors (Lipinski definition) is 4. The van der Waals surface area contributed by atoms with E-state index in [9.17, 15) is 14.0 Å². The van der Waals surface area contributed by atoms with E-state index in [0.29, 0.717) is 24.2 Å². The molecule has 0 fully saturated rings. The second-order valence-electron chi connectivity index (χ2n) is 8.27. The van der Waals surface area contributed by atoms with Gasteiger partial charge in [0.25, 0.3) is 0 Å². The Balaban J connectivity index is 1.91. The van der Waals surface area contributed by atoms with Crippen LogP contribution in [0.4, 0.5) is 15.8 Å². The van der Waals surface area contributed by atoms with Crippen molar-refractivity contribution in [3.63, 3.8) is 0 Å². The summed E-state index contributed by atoms with van der Waals surface area (Å²) < 4.78 is 16.2. The van der Waals surface area contributed by atoms with Crippen LogP contribution < -0.4 is 21.5 Å².